The molecule has 2 rings (SSSR count). The van der Waals surface area contributed by atoms with Crippen LogP contribution in [0.4, 0.5) is 0 Å². The fourth-order valence-corrected chi connectivity index (χ4v) is 1.80. The van der Waals surface area contributed by atoms with Gasteiger partial charge in [-0.2, -0.15) is 0 Å². The second-order valence-electron chi connectivity index (χ2n) is 3.70. The van der Waals surface area contributed by atoms with Gasteiger partial charge in [0.1, 0.15) is 4.60 Å². The minimum Gasteiger partial charge on any atom is -0.314 e. The molecule has 1 fully saturated rings. The van der Waals surface area contributed by atoms with Crippen LogP contribution in [0.25, 0.3) is 0 Å². The lowest BCUT2D eigenvalue weighted by molar-refractivity contribution is 0.548. The number of likely N-dealkylation sites (N-methyl/N-ethyl adjacent to an activating group) is 1. The lowest BCUT2D eigenvalue weighted by atomic mass is 10.1. The zero-order valence-electron chi connectivity index (χ0n) is 7.68. The Morgan fingerprint density at radius 2 is 2.31 bits per heavy atom. The van der Waals surface area contributed by atoms with E-state index in [9.17, 15) is 0 Å². The first-order chi connectivity index (χ1) is 6.24. The van der Waals surface area contributed by atoms with Gasteiger partial charge in [0.25, 0.3) is 0 Å². The van der Waals surface area contributed by atoms with Gasteiger partial charge in [-0.25, -0.2) is 4.98 Å². The van der Waals surface area contributed by atoms with Crippen molar-refractivity contribution in [2.75, 3.05) is 7.05 Å². The number of nitrogens with one attached hydrogen (secondary N) is 1. The lowest BCUT2D eigenvalue weighted by Crippen LogP contribution is -2.29. The number of hydrogen-bond donors (Lipinski definition) is 1. The maximum absolute atomic E-state index is 4.21. The Morgan fingerprint density at radius 1 is 1.54 bits per heavy atom. The summed E-state index contributed by atoms with van der Waals surface area (Å²) in [6, 6.07) is 4.13. The van der Waals surface area contributed by atoms with Crippen LogP contribution in [-0.2, 0) is 6.42 Å². The van der Waals surface area contributed by atoms with Gasteiger partial charge in [0.2, 0.25) is 0 Å². The predicted octanol–water partition coefficient (Wildman–Crippen LogP) is 2.14. The zero-order chi connectivity index (χ0) is 9.31. The van der Waals surface area contributed by atoms with Crippen LogP contribution in [0.5, 0.6) is 0 Å². The summed E-state index contributed by atoms with van der Waals surface area (Å²) in [5.74, 6) is 0. The summed E-state index contributed by atoms with van der Waals surface area (Å²) >= 11 is 3.33. The molecule has 13 heavy (non-hydrogen) atoms. The summed E-state index contributed by atoms with van der Waals surface area (Å²) in [5, 5.41) is 3.38. The van der Waals surface area contributed by atoms with E-state index in [2.05, 4.69) is 32.3 Å². The number of halogens is 1. The van der Waals surface area contributed by atoms with Crippen LogP contribution in [0.2, 0.25) is 0 Å². The molecule has 0 saturated heterocycles. The standard InChI is InChI=1S/C10H13BrN2/c1-12-10(4-5-10)6-8-2-3-9(11)13-7-8/h2-3,7,12H,4-6H2,1H3. The number of hydrogen-bond acceptors (Lipinski definition) is 2. The topological polar surface area (TPSA) is 24.9 Å². The van der Waals surface area contributed by atoms with Crippen LogP contribution in [0.15, 0.2) is 22.9 Å². The van der Waals surface area contributed by atoms with E-state index in [0.717, 1.165) is 11.0 Å². The van der Waals surface area contributed by atoms with Crippen molar-refractivity contribution in [3.8, 4) is 0 Å². The average Bonchev–Trinajstić information content (AvgIpc) is 2.90. The van der Waals surface area contributed by atoms with Crippen molar-refractivity contribution >= 4 is 15.9 Å². The van der Waals surface area contributed by atoms with Gasteiger partial charge in [0, 0.05) is 11.7 Å². The van der Waals surface area contributed by atoms with Gasteiger partial charge in [0.05, 0.1) is 0 Å². The maximum Gasteiger partial charge on any atom is 0.106 e. The molecule has 0 amide bonds. The van der Waals surface area contributed by atoms with E-state index in [4.69, 9.17) is 0 Å². The van der Waals surface area contributed by atoms with Gasteiger partial charge in [0.15, 0.2) is 0 Å². The minimum absolute atomic E-state index is 0.384. The molecule has 0 unspecified atom stereocenters. The van der Waals surface area contributed by atoms with Crippen LogP contribution in [-0.4, -0.2) is 17.6 Å². The van der Waals surface area contributed by atoms with E-state index in [0.29, 0.717) is 5.54 Å². The van der Waals surface area contributed by atoms with Gasteiger partial charge in [-0.1, -0.05) is 6.07 Å². The maximum atomic E-state index is 4.21. The zero-order valence-corrected chi connectivity index (χ0v) is 9.26. The first-order valence-electron chi connectivity index (χ1n) is 4.53. The highest BCUT2D eigenvalue weighted by molar-refractivity contribution is 9.10. The first kappa shape index (κ1) is 9.16. The molecule has 1 aromatic rings. The third-order valence-corrected chi connectivity index (χ3v) is 3.18. The number of aromatic nitrogens is 1. The van der Waals surface area contributed by atoms with E-state index in [1.807, 2.05) is 19.3 Å². The summed E-state index contributed by atoms with van der Waals surface area (Å²) in [7, 11) is 2.04. The summed E-state index contributed by atoms with van der Waals surface area (Å²) in [6.45, 7) is 0. The SMILES string of the molecule is CNC1(Cc2ccc(Br)nc2)CC1. The molecule has 70 valence electrons. The molecule has 0 atom stereocenters. The van der Waals surface area contributed by atoms with E-state index >= 15 is 0 Å². The number of rotatable bonds is 3. The van der Waals surface area contributed by atoms with Crippen molar-refractivity contribution in [3.63, 3.8) is 0 Å². The fraction of sp³-hybridized carbons (Fsp3) is 0.500. The fourth-order valence-electron chi connectivity index (χ4n) is 1.57. The van der Waals surface area contributed by atoms with Crippen molar-refractivity contribution in [2.24, 2.45) is 0 Å². The van der Waals surface area contributed by atoms with Gasteiger partial charge >= 0.3 is 0 Å². The van der Waals surface area contributed by atoms with Crippen LogP contribution >= 0.6 is 15.9 Å². The Morgan fingerprint density at radius 3 is 2.77 bits per heavy atom. The molecule has 0 bridgehead atoms. The molecule has 0 aromatic carbocycles. The van der Waals surface area contributed by atoms with Crippen molar-refractivity contribution in [2.45, 2.75) is 24.8 Å². The summed E-state index contributed by atoms with van der Waals surface area (Å²) in [4.78, 5) is 4.21. The van der Waals surface area contributed by atoms with Crippen LogP contribution in [0.1, 0.15) is 18.4 Å². The Balaban J connectivity index is 2.06. The normalized spacial score (nSPS) is 18.6. The van der Waals surface area contributed by atoms with E-state index in [1.54, 1.807) is 0 Å². The first-order valence-corrected chi connectivity index (χ1v) is 5.33. The summed E-state index contributed by atoms with van der Waals surface area (Å²) < 4.78 is 0.908. The molecule has 1 aliphatic rings. The molecule has 0 radical (unpaired) electrons. The van der Waals surface area contributed by atoms with E-state index < -0.39 is 0 Å². The second-order valence-corrected chi connectivity index (χ2v) is 4.51. The van der Waals surface area contributed by atoms with Crippen molar-refractivity contribution in [1.29, 1.82) is 0 Å². The Hall–Kier alpha value is -0.410. The monoisotopic (exact) mass is 240 g/mol. The molecule has 2 nitrogen and oxygen atoms in total. The average molecular weight is 241 g/mol. The molecular formula is C10H13BrN2. The molecule has 1 N–H and O–H groups in total. The Bertz CT molecular complexity index is 290. The molecule has 3 heteroatoms. The minimum atomic E-state index is 0.384. The van der Waals surface area contributed by atoms with Crippen molar-refractivity contribution in [1.82, 2.24) is 10.3 Å². The van der Waals surface area contributed by atoms with Gasteiger partial charge in [-0.3, -0.25) is 0 Å². The van der Waals surface area contributed by atoms with Gasteiger partial charge in [-0.15, -0.1) is 0 Å². The largest absolute Gasteiger partial charge is 0.314 e. The second kappa shape index (κ2) is 3.39. The van der Waals surface area contributed by atoms with Crippen LogP contribution in [0, 0.1) is 0 Å². The lowest BCUT2D eigenvalue weighted by Gasteiger charge is -2.13. The van der Waals surface area contributed by atoms with Gasteiger partial charge in [-0.05, 0) is 53.9 Å². The van der Waals surface area contributed by atoms with E-state index in [1.165, 1.54) is 18.4 Å². The third kappa shape index (κ3) is 2.09. The van der Waals surface area contributed by atoms with Crippen molar-refractivity contribution in [3.05, 3.63) is 28.5 Å². The number of pyridine rings is 1. The molecule has 1 aliphatic carbocycles. The van der Waals surface area contributed by atoms with Crippen molar-refractivity contribution < 1.29 is 0 Å². The summed E-state index contributed by atoms with van der Waals surface area (Å²) in [5.41, 5.74) is 1.70. The van der Waals surface area contributed by atoms with E-state index in [-0.39, 0.29) is 0 Å². The Kier molecular flexibility index (Phi) is 2.39. The smallest absolute Gasteiger partial charge is 0.106 e. The van der Waals surface area contributed by atoms with Gasteiger partial charge < -0.3 is 5.32 Å². The van der Waals surface area contributed by atoms with Crippen LogP contribution in [0.3, 0.4) is 0 Å². The molecule has 1 heterocycles. The molecule has 1 saturated carbocycles. The third-order valence-electron chi connectivity index (χ3n) is 2.72. The number of nitrogens with zero attached hydrogens (tertiary/aromatic N) is 1. The molecule has 0 spiro atoms. The highest BCUT2D eigenvalue weighted by Crippen LogP contribution is 2.37. The Labute approximate surface area is 86.9 Å². The molecule has 1 aromatic heterocycles. The van der Waals surface area contributed by atoms with Crippen LogP contribution < -0.4 is 5.32 Å². The summed E-state index contributed by atoms with van der Waals surface area (Å²) in [6.07, 6.45) is 5.63. The quantitative estimate of drug-likeness (QED) is 0.820. The highest BCUT2D eigenvalue weighted by Gasteiger charge is 2.40. The molecular weight excluding hydrogens is 228 g/mol. The molecule has 0 aliphatic heterocycles. The predicted molar refractivity (Wildman–Crippen MR) is 56.7 cm³/mol. The highest BCUT2D eigenvalue weighted by atomic mass is 79.9.